The van der Waals surface area contributed by atoms with Crippen LogP contribution in [0.3, 0.4) is 0 Å². The first-order chi connectivity index (χ1) is 27.8. The lowest BCUT2D eigenvalue weighted by Crippen LogP contribution is -2.28. The zero-order valence-corrected chi connectivity index (χ0v) is 30.7. The Bertz CT molecular complexity index is 2880. The molecule has 0 spiro atoms. The van der Waals surface area contributed by atoms with Gasteiger partial charge in [-0.25, -0.2) is 4.98 Å². The lowest BCUT2D eigenvalue weighted by molar-refractivity contribution is 0.745. The molecule has 264 valence electrons. The average molecular weight is 716 g/mol. The third-order valence-corrected chi connectivity index (χ3v) is 11.5. The Morgan fingerprint density at radius 1 is 0.411 bits per heavy atom. The molecular weight excluding hydrogens is 679 g/mol. The first-order valence-corrected chi connectivity index (χ1v) is 19.4. The van der Waals surface area contributed by atoms with E-state index in [9.17, 15) is 0 Å². The maximum Gasteiger partial charge on any atom is 0.0715 e. The van der Waals surface area contributed by atoms with Gasteiger partial charge < -0.3 is 9.47 Å². The van der Waals surface area contributed by atoms with E-state index in [4.69, 9.17) is 4.98 Å². The largest absolute Gasteiger partial charge is 0.333 e. The van der Waals surface area contributed by atoms with Crippen LogP contribution in [-0.2, 0) is 0 Å². The van der Waals surface area contributed by atoms with Crippen molar-refractivity contribution >= 4 is 33.2 Å². The van der Waals surface area contributed by atoms with Crippen molar-refractivity contribution in [3.8, 4) is 50.5 Å². The van der Waals surface area contributed by atoms with Crippen molar-refractivity contribution in [3.63, 3.8) is 0 Å². The Labute approximate surface area is 326 Å². The molecule has 1 aliphatic carbocycles. The summed E-state index contributed by atoms with van der Waals surface area (Å²) in [5.41, 5.74) is 16.1. The zero-order valence-electron chi connectivity index (χ0n) is 30.7. The highest BCUT2D eigenvalue weighted by Crippen LogP contribution is 2.49. The molecule has 2 aromatic heterocycles. The number of nitrogens with zero attached hydrogens (tertiary/aromatic N) is 3. The predicted molar refractivity (Wildman–Crippen MR) is 234 cm³/mol. The second-order valence-electron chi connectivity index (χ2n) is 14.7. The van der Waals surface area contributed by atoms with E-state index in [-0.39, 0.29) is 6.04 Å². The zero-order chi connectivity index (χ0) is 37.0. The summed E-state index contributed by atoms with van der Waals surface area (Å²) >= 11 is 0. The summed E-state index contributed by atoms with van der Waals surface area (Å²) in [5.74, 6) is 0.310. The molecule has 0 N–H and O–H groups in total. The van der Waals surface area contributed by atoms with Crippen molar-refractivity contribution in [2.45, 2.75) is 12.0 Å². The molecule has 9 aromatic rings. The van der Waals surface area contributed by atoms with Crippen LogP contribution in [0.5, 0.6) is 0 Å². The van der Waals surface area contributed by atoms with E-state index in [1.54, 1.807) is 0 Å². The molecule has 3 nitrogen and oxygen atoms in total. The number of pyridine rings is 1. The van der Waals surface area contributed by atoms with Gasteiger partial charge in [-0.1, -0.05) is 158 Å². The van der Waals surface area contributed by atoms with E-state index in [0.717, 1.165) is 44.9 Å². The number of aromatic nitrogens is 2. The van der Waals surface area contributed by atoms with Crippen molar-refractivity contribution in [1.82, 2.24) is 9.55 Å². The van der Waals surface area contributed by atoms with Gasteiger partial charge in [0.25, 0.3) is 0 Å². The summed E-state index contributed by atoms with van der Waals surface area (Å²) in [4.78, 5) is 7.71. The monoisotopic (exact) mass is 715 g/mol. The Kier molecular flexibility index (Phi) is 7.63. The molecular formula is C53H37N3. The lowest BCUT2D eigenvalue weighted by Gasteiger charge is -2.29. The topological polar surface area (TPSA) is 21.1 Å². The minimum atomic E-state index is 0.209. The highest BCUT2D eigenvalue weighted by molar-refractivity contribution is 6.10. The van der Waals surface area contributed by atoms with Crippen molar-refractivity contribution in [1.29, 1.82) is 0 Å². The van der Waals surface area contributed by atoms with Gasteiger partial charge in [-0.05, 0) is 76.9 Å². The molecule has 0 saturated carbocycles. The Balaban J connectivity index is 1.14. The summed E-state index contributed by atoms with van der Waals surface area (Å²) in [5, 5.41) is 2.50. The van der Waals surface area contributed by atoms with Gasteiger partial charge in [-0.3, -0.25) is 0 Å². The first kappa shape index (κ1) is 32.2. The first-order valence-electron chi connectivity index (χ1n) is 19.4. The molecule has 7 aromatic carbocycles. The van der Waals surface area contributed by atoms with E-state index in [2.05, 4.69) is 222 Å². The number of benzene rings is 7. The molecule has 11 rings (SSSR count). The second-order valence-corrected chi connectivity index (χ2v) is 14.7. The quantitative estimate of drug-likeness (QED) is 0.171. The minimum Gasteiger partial charge on any atom is -0.333 e. The summed E-state index contributed by atoms with van der Waals surface area (Å²) in [6.07, 6.45) is 9.08. The van der Waals surface area contributed by atoms with E-state index >= 15 is 0 Å². The molecule has 2 atom stereocenters. The molecule has 3 heterocycles. The van der Waals surface area contributed by atoms with E-state index < -0.39 is 0 Å². The molecule has 3 heteroatoms. The predicted octanol–water partition coefficient (Wildman–Crippen LogP) is 13.6. The lowest BCUT2D eigenvalue weighted by atomic mass is 9.91. The fourth-order valence-electron chi connectivity index (χ4n) is 8.95. The third-order valence-electron chi connectivity index (χ3n) is 11.5. The molecule has 0 bridgehead atoms. The van der Waals surface area contributed by atoms with Gasteiger partial charge in [0.1, 0.15) is 0 Å². The van der Waals surface area contributed by atoms with E-state index in [1.165, 1.54) is 44.3 Å². The fraction of sp³-hybridized carbons (Fsp3) is 0.0377. The highest BCUT2D eigenvalue weighted by atomic mass is 15.2. The normalized spacial score (nSPS) is 15.7. The van der Waals surface area contributed by atoms with Crippen LogP contribution in [-0.4, -0.2) is 15.6 Å². The summed E-state index contributed by atoms with van der Waals surface area (Å²) in [6.45, 7) is 0. The summed E-state index contributed by atoms with van der Waals surface area (Å²) in [6, 6.07) is 68.2. The number of hydrogen-bond donors (Lipinski definition) is 0. The molecule has 2 unspecified atom stereocenters. The second kappa shape index (κ2) is 13.3. The van der Waals surface area contributed by atoms with Gasteiger partial charge in [0.05, 0.1) is 34.2 Å². The molecule has 2 aliphatic rings. The SMILES string of the molecule is C1=CC2c3ccccc3N(c3ccc(-n4c5ccccc5c5ccccc54)c(-c4cccc(-c5cc(-c6ccccc6)nc(-c6ccccc6)c5)c4)c3)C2C=C1. The van der Waals surface area contributed by atoms with Crippen molar-refractivity contribution in [3.05, 3.63) is 218 Å². The van der Waals surface area contributed by atoms with Gasteiger partial charge in [0, 0.05) is 44.8 Å². The number of allylic oxidation sites excluding steroid dienone is 2. The Morgan fingerprint density at radius 3 is 1.71 bits per heavy atom. The van der Waals surface area contributed by atoms with Crippen LogP contribution in [0.4, 0.5) is 11.4 Å². The molecule has 0 fully saturated rings. The number of para-hydroxylation sites is 3. The fourth-order valence-corrected chi connectivity index (χ4v) is 8.95. The van der Waals surface area contributed by atoms with Crippen LogP contribution < -0.4 is 4.90 Å². The summed E-state index contributed by atoms with van der Waals surface area (Å²) in [7, 11) is 0. The van der Waals surface area contributed by atoms with Gasteiger partial charge in [-0.2, -0.15) is 0 Å². The van der Waals surface area contributed by atoms with E-state index in [0.29, 0.717) is 5.92 Å². The van der Waals surface area contributed by atoms with E-state index in [1.807, 2.05) is 0 Å². The molecule has 0 amide bonds. The highest BCUT2D eigenvalue weighted by Gasteiger charge is 2.37. The number of rotatable bonds is 6. The van der Waals surface area contributed by atoms with Gasteiger partial charge >= 0.3 is 0 Å². The van der Waals surface area contributed by atoms with Crippen LogP contribution in [0.1, 0.15) is 11.5 Å². The van der Waals surface area contributed by atoms with Crippen LogP contribution in [0, 0.1) is 0 Å². The van der Waals surface area contributed by atoms with Crippen LogP contribution in [0.25, 0.3) is 72.3 Å². The average Bonchev–Trinajstić information content (AvgIpc) is 3.80. The molecule has 56 heavy (non-hydrogen) atoms. The number of anilines is 2. The van der Waals surface area contributed by atoms with Crippen molar-refractivity contribution in [2.75, 3.05) is 4.90 Å². The molecule has 1 aliphatic heterocycles. The maximum atomic E-state index is 5.17. The van der Waals surface area contributed by atoms with Crippen molar-refractivity contribution < 1.29 is 0 Å². The van der Waals surface area contributed by atoms with Crippen LogP contribution >= 0.6 is 0 Å². The molecule has 0 saturated heterocycles. The van der Waals surface area contributed by atoms with Crippen LogP contribution in [0.2, 0.25) is 0 Å². The van der Waals surface area contributed by atoms with Gasteiger partial charge in [0.2, 0.25) is 0 Å². The standard InChI is InChI=1S/C53H37N3/c1-3-16-36(17-4-1)47-33-40(34-48(54-47)37-18-5-2-6-19-37)38-20-15-21-39(32-38)46-35-41(55-49-26-11-7-22-42(49)43-23-8-12-27-50(43)55)30-31-53(46)56-51-28-13-9-24-44(51)45-25-10-14-29-52(45)56/h1-35,42,49H. The minimum absolute atomic E-state index is 0.209. The van der Waals surface area contributed by atoms with Crippen LogP contribution in [0.15, 0.2) is 212 Å². The van der Waals surface area contributed by atoms with Gasteiger partial charge in [0.15, 0.2) is 0 Å². The van der Waals surface area contributed by atoms with Crippen molar-refractivity contribution in [2.24, 2.45) is 0 Å². The Hall–Kier alpha value is -7.23. The maximum absolute atomic E-state index is 5.17. The summed E-state index contributed by atoms with van der Waals surface area (Å²) < 4.78 is 2.45. The number of fused-ring (bicyclic) bond motifs is 6. The molecule has 0 radical (unpaired) electrons. The van der Waals surface area contributed by atoms with Gasteiger partial charge in [-0.15, -0.1) is 0 Å². The number of hydrogen-bond acceptors (Lipinski definition) is 2. The Morgan fingerprint density at radius 2 is 1.00 bits per heavy atom. The smallest absolute Gasteiger partial charge is 0.0715 e. The third kappa shape index (κ3) is 5.32.